The van der Waals surface area contributed by atoms with Crippen molar-refractivity contribution in [2.24, 2.45) is 16.8 Å². The van der Waals surface area contributed by atoms with Crippen LogP contribution >= 0.6 is 0 Å². The molecule has 1 unspecified atom stereocenters. The minimum atomic E-state index is -4.38. The van der Waals surface area contributed by atoms with E-state index < -0.39 is 11.7 Å². The van der Waals surface area contributed by atoms with Crippen molar-refractivity contribution in [1.29, 1.82) is 0 Å². The number of likely N-dealkylation sites (tertiary alicyclic amines) is 1. The number of hydrogen-bond acceptors (Lipinski definition) is 2. The predicted octanol–water partition coefficient (Wildman–Crippen LogP) is 4.92. The van der Waals surface area contributed by atoms with Gasteiger partial charge in [0, 0.05) is 23.9 Å². The molecule has 1 fully saturated rings. The monoisotopic (exact) mass is 387 g/mol. The van der Waals surface area contributed by atoms with Gasteiger partial charge in [-0.1, -0.05) is 12.2 Å². The zero-order valence-electron chi connectivity index (χ0n) is 16.0. The molecule has 2 aliphatic carbocycles. The van der Waals surface area contributed by atoms with E-state index in [4.69, 9.17) is 4.99 Å². The second-order valence-electron chi connectivity index (χ2n) is 8.35. The van der Waals surface area contributed by atoms with Crippen molar-refractivity contribution in [2.45, 2.75) is 38.3 Å². The molecule has 0 N–H and O–H groups in total. The minimum Gasteiger partial charge on any atom is -0.314 e. The van der Waals surface area contributed by atoms with Gasteiger partial charge in [0.25, 0.3) is 0 Å². The Kier molecular flexibility index (Phi) is 4.16. The summed E-state index contributed by atoms with van der Waals surface area (Å²) in [6.07, 6.45) is 6.96. The number of nitrogens with zero attached hydrogens (tertiary/aromatic N) is 3. The van der Waals surface area contributed by atoms with Gasteiger partial charge in [0.2, 0.25) is 0 Å². The first-order valence-electron chi connectivity index (χ1n) is 10.1. The molecule has 3 heterocycles. The van der Waals surface area contributed by atoms with Crippen LogP contribution in [0.5, 0.6) is 0 Å². The Balaban J connectivity index is 1.67. The summed E-state index contributed by atoms with van der Waals surface area (Å²) in [7, 11) is 2.10. The van der Waals surface area contributed by atoms with E-state index in [1.54, 1.807) is 10.8 Å². The Morgan fingerprint density at radius 3 is 2.68 bits per heavy atom. The molecule has 2 aliphatic heterocycles. The van der Waals surface area contributed by atoms with Crippen molar-refractivity contribution in [3.63, 3.8) is 0 Å². The summed E-state index contributed by atoms with van der Waals surface area (Å²) in [5.41, 5.74) is 3.29. The maximum Gasteiger partial charge on any atom is 0.418 e. The summed E-state index contributed by atoms with van der Waals surface area (Å²) in [5, 5.41) is 0. The number of alkyl halides is 3. The molecule has 1 aromatic heterocycles. The van der Waals surface area contributed by atoms with Crippen LogP contribution in [0.1, 0.15) is 36.9 Å². The molecule has 6 heteroatoms. The summed E-state index contributed by atoms with van der Waals surface area (Å²) < 4.78 is 43.7. The zero-order chi connectivity index (χ0) is 19.5. The summed E-state index contributed by atoms with van der Waals surface area (Å²) in [6.45, 7) is 1.99. The first-order chi connectivity index (χ1) is 13.4. The first kappa shape index (κ1) is 18.0. The summed E-state index contributed by atoms with van der Waals surface area (Å²) >= 11 is 0. The maximum absolute atomic E-state index is 14.0. The zero-order valence-corrected chi connectivity index (χ0v) is 16.0. The van der Waals surface area contributed by atoms with Gasteiger partial charge in [-0.3, -0.25) is 4.99 Å². The van der Waals surface area contributed by atoms with Crippen molar-refractivity contribution in [3.8, 4) is 0 Å². The fourth-order valence-corrected chi connectivity index (χ4v) is 5.19. The Morgan fingerprint density at radius 1 is 1.14 bits per heavy atom. The van der Waals surface area contributed by atoms with Crippen LogP contribution in [-0.2, 0) is 6.42 Å². The van der Waals surface area contributed by atoms with E-state index in [9.17, 15) is 13.2 Å². The van der Waals surface area contributed by atoms with Crippen LogP contribution in [0, 0.1) is 11.8 Å². The van der Waals surface area contributed by atoms with Gasteiger partial charge in [0.15, 0.2) is 0 Å². The minimum absolute atomic E-state index is 0.0462. The Labute approximate surface area is 162 Å². The van der Waals surface area contributed by atoms with Gasteiger partial charge < -0.3 is 9.47 Å². The molecule has 148 valence electrons. The van der Waals surface area contributed by atoms with Gasteiger partial charge in [-0.05, 0) is 69.8 Å². The van der Waals surface area contributed by atoms with E-state index >= 15 is 0 Å². The normalized spacial score (nSPS) is 25.8. The molecule has 1 atom stereocenters. The number of piperidine rings is 1. The molecule has 0 amide bonds. The van der Waals surface area contributed by atoms with Gasteiger partial charge in [-0.25, -0.2) is 0 Å². The molecule has 1 saturated heterocycles. The Morgan fingerprint density at radius 2 is 1.93 bits per heavy atom. The lowest BCUT2D eigenvalue weighted by Gasteiger charge is -2.37. The molecule has 0 aromatic carbocycles. The standard InChI is InChI=1S/C22H24F3N3/c1-27-10-7-14(8-11-27)17-5-6-18(22(23,24)25)21-19(17)26-13-16-4-2-3-15-9-12-28(21)20(15)16/h4,6,9,12-14,17H,2-3,5,7-8,10-11H2,1H3. The maximum atomic E-state index is 14.0. The van der Waals surface area contributed by atoms with Gasteiger partial charge >= 0.3 is 6.18 Å². The quantitative estimate of drug-likeness (QED) is 0.670. The third-order valence-corrected chi connectivity index (χ3v) is 6.67. The summed E-state index contributed by atoms with van der Waals surface area (Å²) in [4.78, 5) is 7.00. The fourth-order valence-electron chi connectivity index (χ4n) is 5.19. The SMILES string of the molecule is CN1CCC(C2CC=C(C(F)(F)F)C3=C2N=CC2=CCCc4ccn3c42)CC1. The highest BCUT2D eigenvalue weighted by molar-refractivity contribution is 6.12. The summed E-state index contributed by atoms with van der Waals surface area (Å²) in [5.74, 6) is 0.420. The molecule has 0 radical (unpaired) electrons. The van der Waals surface area contributed by atoms with E-state index in [1.807, 2.05) is 12.3 Å². The van der Waals surface area contributed by atoms with Crippen molar-refractivity contribution in [2.75, 3.05) is 20.1 Å². The topological polar surface area (TPSA) is 20.5 Å². The smallest absolute Gasteiger partial charge is 0.314 e. The summed E-state index contributed by atoms with van der Waals surface area (Å²) in [6, 6.07) is 1.97. The van der Waals surface area contributed by atoms with Crippen LogP contribution in [0.25, 0.3) is 11.3 Å². The number of aliphatic imine (C=N–C) groups is 1. The van der Waals surface area contributed by atoms with Gasteiger partial charge in [-0.15, -0.1) is 0 Å². The largest absolute Gasteiger partial charge is 0.418 e. The molecular formula is C22H24F3N3. The number of hydrogen-bond donors (Lipinski definition) is 0. The van der Waals surface area contributed by atoms with E-state index in [2.05, 4.69) is 18.0 Å². The number of aromatic nitrogens is 1. The lowest BCUT2D eigenvalue weighted by molar-refractivity contribution is -0.0882. The molecule has 0 spiro atoms. The fraction of sp³-hybridized carbons (Fsp3) is 0.500. The number of aryl methyl sites for hydroxylation is 1. The number of fused-ring (bicyclic) bond motifs is 1. The average Bonchev–Trinajstić information content (AvgIpc) is 3.02. The molecule has 3 nitrogen and oxygen atoms in total. The van der Waals surface area contributed by atoms with E-state index in [0.717, 1.165) is 55.6 Å². The molecule has 0 bridgehead atoms. The lowest BCUT2D eigenvalue weighted by Crippen LogP contribution is -2.35. The molecule has 1 aromatic rings. The molecule has 0 saturated carbocycles. The van der Waals surface area contributed by atoms with Crippen LogP contribution in [0.2, 0.25) is 0 Å². The highest BCUT2D eigenvalue weighted by atomic mass is 19.4. The first-order valence-corrected chi connectivity index (χ1v) is 10.1. The molecule has 28 heavy (non-hydrogen) atoms. The second-order valence-corrected chi connectivity index (χ2v) is 8.35. The number of rotatable bonds is 1. The molecule has 5 rings (SSSR count). The van der Waals surface area contributed by atoms with Gasteiger partial charge in [-0.2, -0.15) is 13.2 Å². The van der Waals surface area contributed by atoms with Crippen molar-refractivity contribution in [3.05, 3.63) is 46.9 Å². The predicted molar refractivity (Wildman–Crippen MR) is 105 cm³/mol. The van der Waals surface area contributed by atoms with Crippen molar-refractivity contribution >= 4 is 17.5 Å². The number of halogens is 3. The second kappa shape index (κ2) is 6.48. The third-order valence-electron chi connectivity index (χ3n) is 6.67. The van der Waals surface area contributed by atoms with Crippen LogP contribution in [-0.4, -0.2) is 42.0 Å². The third kappa shape index (κ3) is 2.81. The van der Waals surface area contributed by atoms with Crippen molar-refractivity contribution < 1.29 is 13.2 Å². The van der Waals surface area contributed by atoms with E-state index in [0.29, 0.717) is 18.0 Å². The van der Waals surface area contributed by atoms with Gasteiger partial charge in [0.05, 0.1) is 22.7 Å². The van der Waals surface area contributed by atoms with Crippen LogP contribution in [0.4, 0.5) is 13.2 Å². The Bertz CT molecular complexity index is 921. The number of allylic oxidation sites excluding steroid dienone is 6. The average molecular weight is 387 g/mol. The highest BCUT2D eigenvalue weighted by Gasteiger charge is 2.44. The van der Waals surface area contributed by atoms with E-state index in [1.165, 1.54) is 6.08 Å². The molecule has 4 aliphatic rings. The van der Waals surface area contributed by atoms with Crippen LogP contribution in [0.15, 0.2) is 40.7 Å². The Hall–Kier alpha value is -2.08. The molecular weight excluding hydrogens is 363 g/mol. The van der Waals surface area contributed by atoms with Crippen molar-refractivity contribution in [1.82, 2.24) is 9.47 Å². The van der Waals surface area contributed by atoms with Crippen LogP contribution in [0.3, 0.4) is 0 Å². The van der Waals surface area contributed by atoms with E-state index in [-0.39, 0.29) is 11.6 Å². The van der Waals surface area contributed by atoms with Gasteiger partial charge in [0.1, 0.15) is 0 Å². The highest BCUT2D eigenvalue weighted by Crippen LogP contribution is 2.48. The lowest BCUT2D eigenvalue weighted by atomic mass is 9.76. The van der Waals surface area contributed by atoms with Crippen LogP contribution < -0.4 is 0 Å².